The summed E-state index contributed by atoms with van der Waals surface area (Å²) in [6, 6.07) is 11.3. The molecule has 10 heteroatoms. The predicted octanol–water partition coefficient (Wildman–Crippen LogP) is 4.93. The van der Waals surface area contributed by atoms with Crippen molar-refractivity contribution in [2.45, 2.75) is 64.6 Å². The van der Waals surface area contributed by atoms with Crippen molar-refractivity contribution in [3.05, 3.63) is 63.6 Å². The van der Waals surface area contributed by atoms with Crippen molar-refractivity contribution in [3.63, 3.8) is 0 Å². The summed E-state index contributed by atoms with van der Waals surface area (Å²) < 4.78 is 26.3. The fourth-order valence-electron chi connectivity index (χ4n) is 4.32. The van der Waals surface area contributed by atoms with Crippen molar-refractivity contribution in [3.8, 4) is 0 Å². The Morgan fingerprint density at radius 3 is 2.28 bits per heavy atom. The van der Waals surface area contributed by atoms with Crippen LogP contribution in [0.25, 0.3) is 0 Å². The van der Waals surface area contributed by atoms with Crippen LogP contribution >= 0.6 is 23.2 Å². The van der Waals surface area contributed by atoms with Crippen LogP contribution < -0.4 is 9.62 Å². The van der Waals surface area contributed by atoms with Crippen LogP contribution in [-0.2, 0) is 26.2 Å². The fourth-order valence-corrected chi connectivity index (χ4v) is 5.74. The molecule has 0 aromatic heterocycles. The number of halogens is 2. The molecule has 2 aromatic carbocycles. The molecule has 0 unspecified atom stereocenters. The molecule has 0 bridgehead atoms. The van der Waals surface area contributed by atoms with E-state index in [0.29, 0.717) is 5.02 Å². The van der Waals surface area contributed by atoms with Gasteiger partial charge in [0, 0.05) is 17.6 Å². The van der Waals surface area contributed by atoms with Crippen molar-refractivity contribution in [2.75, 3.05) is 17.1 Å². The van der Waals surface area contributed by atoms with Gasteiger partial charge in [0.2, 0.25) is 21.8 Å². The lowest BCUT2D eigenvalue weighted by molar-refractivity contribution is -0.139. The number of hydrogen-bond donors (Lipinski definition) is 1. The first-order chi connectivity index (χ1) is 17.0. The van der Waals surface area contributed by atoms with Gasteiger partial charge in [0.25, 0.3) is 0 Å². The number of benzene rings is 2. The lowest BCUT2D eigenvalue weighted by atomic mass is 9.95. The second-order valence-electron chi connectivity index (χ2n) is 9.39. The third-order valence-corrected chi connectivity index (χ3v) is 8.11. The van der Waals surface area contributed by atoms with Gasteiger partial charge in [-0.15, -0.1) is 0 Å². The first-order valence-corrected chi connectivity index (χ1v) is 14.6. The fraction of sp³-hybridized carbons (Fsp3) is 0.462. The Balaban J connectivity index is 1.88. The summed E-state index contributed by atoms with van der Waals surface area (Å²) in [5, 5.41) is 3.53. The Labute approximate surface area is 223 Å². The zero-order chi connectivity index (χ0) is 26.5. The molecule has 0 aliphatic heterocycles. The van der Waals surface area contributed by atoms with Crippen molar-refractivity contribution in [2.24, 2.45) is 0 Å². The topological polar surface area (TPSA) is 86.8 Å². The maximum Gasteiger partial charge on any atom is 0.244 e. The van der Waals surface area contributed by atoms with Crippen LogP contribution in [0.3, 0.4) is 0 Å². The number of carbonyl (C=O) groups excluding carboxylic acids is 2. The quantitative estimate of drug-likeness (QED) is 0.476. The van der Waals surface area contributed by atoms with Gasteiger partial charge in [0.05, 0.1) is 17.0 Å². The van der Waals surface area contributed by atoms with E-state index in [4.69, 9.17) is 23.2 Å². The van der Waals surface area contributed by atoms with Gasteiger partial charge >= 0.3 is 0 Å². The van der Waals surface area contributed by atoms with Gasteiger partial charge in [-0.2, -0.15) is 0 Å². The SMILES string of the molecule is Cc1ccc(CN(C(=O)CN(c2ccc(Cl)cc2Cl)S(C)(=O)=O)[C@H](C)C(=O)NC2CCCCC2)cc1. The molecule has 7 nitrogen and oxygen atoms in total. The molecule has 196 valence electrons. The monoisotopic (exact) mass is 553 g/mol. The lowest BCUT2D eigenvalue weighted by Crippen LogP contribution is -2.53. The molecule has 1 aliphatic rings. The van der Waals surface area contributed by atoms with Crippen LogP contribution in [0.5, 0.6) is 0 Å². The van der Waals surface area contributed by atoms with Crippen LogP contribution in [0, 0.1) is 6.92 Å². The molecule has 0 saturated heterocycles. The zero-order valence-electron chi connectivity index (χ0n) is 20.8. The molecule has 0 heterocycles. The number of nitrogens with zero attached hydrogens (tertiary/aromatic N) is 2. The molecule has 0 spiro atoms. The molecule has 0 radical (unpaired) electrons. The van der Waals surface area contributed by atoms with Gasteiger partial charge in [-0.3, -0.25) is 13.9 Å². The Hall–Kier alpha value is -2.29. The van der Waals surface area contributed by atoms with E-state index in [1.807, 2.05) is 31.2 Å². The molecule has 1 aliphatic carbocycles. The zero-order valence-corrected chi connectivity index (χ0v) is 23.2. The number of nitrogens with one attached hydrogen (secondary N) is 1. The maximum absolute atomic E-state index is 13.6. The number of hydrogen-bond acceptors (Lipinski definition) is 4. The van der Waals surface area contributed by atoms with E-state index in [-0.39, 0.29) is 29.2 Å². The Morgan fingerprint density at radius 1 is 1.06 bits per heavy atom. The molecule has 2 amide bonds. The van der Waals surface area contributed by atoms with Gasteiger partial charge in [-0.25, -0.2) is 8.42 Å². The summed E-state index contributed by atoms with van der Waals surface area (Å²) >= 11 is 12.3. The second kappa shape index (κ2) is 12.3. The molecule has 1 saturated carbocycles. The number of carbonyl (C=O) groups is 2. The lowest BCUT2D eigenvalue weighted by Gasteiger charge is -2.33. The van der Waals surface area contributed by atoms with Gasteiger partial charge in [-0.05, 0) is 50.5 Å². The highest BCUT2D eigenvalue weighted by Gasteiger charge is 2.31. The van der Waals surface area contributed by atoms with E-state index >= 15 is 0 Å². The van der Waals surface area contributed by atoms with Crippen LogP contribution in [0.4, 0.5) is 5.69 Å². The summed E-state index contributed by atoms with van der Waals surface area (Å²) in [5.74, 6) is -0.767. The van der Waals surface area contributed by atoms with E-state index in [0.717, 1.165) is 53.8 Å². The standard InChI is InChI=1S/C26H33Cl2N3O4S/c1-18-9-11-20(12-10-18)16-30(19(2)26(33)29-22-7-5-4-6-8-22)25(32)17-31(36(3,34)35)24-14-13-21(27)15-23(24)28/h9-15,19,22H,4-8,16-17H2,1-3H3,(H,29,33)/t19-/m1/s1. The Morgan fingerprint density at radius 2 is 1.69 bits per heavy atom. The molecular weight excluding hydrogens is 521 g/mol. The molecular formula is C26H33Cl2N3O4S. The number of amides is 2. The van der Waals surface area contributed by atoms with Crippen molar-refractivity contribution < 1.29 is 18.0 Å². The minimum atomic E-state index is -3.87. The van der Waals surface area contributed by atoms with Gasteiger partial charge < -0.3 is 10.2 Å². The van der Waals surface area contributed by atoms with E-state index in [1.165, 1.54) is 23.1 Å². The van der Waals surface area contributed by atoms with Gasteiger partial charge in [-0.1, -0.05) is 72.3 Å². The summed E-state index contributed by atoms with van der Waals surface area (Å²) in [6.45, 7) is 3.29. The number of aryl methyl sites for hydroxylation is 1. The molecule has 1 fully saturated rings. The van der Waals surface area contributed by atoms with E-state index in [2.05, 4.69) is 5.32 Å². The first kappa shape index (κ1) is 28.3. The Bertz CT molecular complexity index is 1180. The third kappa shape index (κ3) is 7.60. The number of anilines is 1. The van der Waals surface area contributed by atoms with Crippen molar-refractivity contribution >= 4 is 50.7 Å². The molecule has 3 rings (SSSR count). The predicted molar refractivity (Wildman–Crippen MR) is 145 cm³/mol. The van der Waals surface area contributed by atoms with Crippen LogP contribution in [-0.4, -0.2) is 50.0 Å². The normalized spacial score (nSPS) is 15.2. The second-order valence-corrected chi connectivity index (χ2v) is 12.1. The van der Waals surface area contributed by atoms with E-state index in [9.17, 15) is 18.0 Å². The highest BCUT2D eigenvalue weighted by Crippen LogP contribution is 2.30. The average Bonchev–Trinajstić information content (AvgIpc) is 2.82. The van der Waals surface area contributed by atoms with Crippen molar-refractivity contribution in [1.29, 1.82) is 0 Å². The van der Waals surface area contributed by atoms with Gasteiger partial charge in [0.1, 0.15) is 12.6 Å². The van der Waals surface area contributed by atoms with Crippen LogP contribution in [0.15, 0.2) is 42.5 Å². The Kier molecular flexibility index (Phi) is 9.66. The molecule has 1 N–H and O–H groups in total. The largest absolute Gasteiger partial charge is 0.352 e. The minimum absolute atomic E-state index is 0.0884. The molecule has 36 heavy (non-hydrogen) atoms. The van der Waals surface area contributed by atoms with Crippen LogP contribution in [0.1, 0.15) is 50.2 Å². The van der Waals surface area contributed by atoms with E-state index < -0.39 is 28.5 Å². The number of rotatable bonds is 9. The number of sulfonamides is 1. The smallest absolute Gasteiger partial charge is 0.244 e. The first-order valence-electron chi connectivity index (χ1n) is 12.0. The molecule has 1 atom stereocenters. The third-order valence-electron chi connectivity index (χ3n) is 6.45. The summed E-state index contributed by atoms with van der Waals surface area (Å²) in [6.07, 6.45) is 6.14. The molecule has 2 aromatic rings. The van der Waals surface area contributed by atoms with Gasteiger partial charge in [0.15, 0.2) is 0 Å². The van der Waals surface area contributed by atoms with Crippen molar-refractivity contribution in [1.82, 2.24) is 10.2 Å². The maximum atomic E-state index is 13.6. The highest BCUT2D eigenvalue weighted by molar-refractivity contribution is 7.92. The average molecular weight is 555 g/mol. The summed E-state index contributed by atoms with van der Waals surface area (Å²) in [5.41, 5.74) is 2.05. The summed E-state index contributed by atoms with van der Waals surface area (Å²) in [7, 11) is -3.87. The van der Waals surface area contributed by atoms with Crippen LogP contribution in [0.2, 0.25) is 10.0 Å². The van der Waals surface area contributed by atoms with E-state index in [1.54, 1.807) is 6.92 Å². The highest BCUT2D eigenvalue weighted by atomic mass is 35.5. The summed E-state index contributed by atoms with van der Waals surface area (Å²) in [4.78, 5) is 28.2. The minimum Gasteiger partial charge on any atom is -0.352 e.